The van der Waals surface area contributed by atoms with Crippen molar-refractivity contribution < 1.29 is 48.2 Å². The second-order valence-corrected chi connectivity index (χ2v) is 13.1. The molecule has 0 radical (unpaired) electrons. The van der Waals surface area contributed by atoms with Crippen LogP contribution in [0, 0.1) is 15.5 Å². The van der Waals surface area contributed by atoms with Gasteiger partial charge in [0.25, 0.3) is 5.09 Å². The van der Waals surface area contributed by atoms with E-state index >= 15 is 0 Å². The minimum atomic E-state index is -1.11. The Bertz CT molecular complexity index is 1340. The van der Waals surface area contributed by atoms with E-state index in [9.17, 15) is 20.0 Å². The third-order valence-corrected chi connectivity index (χ3v) is 8.70. The maximum atomic E-state index is 12.8. The van der Waals surface area contributed by atoms with Gasteiger partial charge in [0.15, 0.2) is 6.10 Å². The van der Waals surface area contributed by atoms with Crippen LogP contribution in [0.15, 0.2) is 42.5 Å². The number of likely N-dealkylation sites (tertiary alicyclic amines) is 1. The molecule has 1 fully saturated rings. The highest BCUT2D eigenvalue weighted by atomic mass is 17.0. The lowest BCUT2D eigenvalue weighted by atomic mass is 9.71. The molecule has 0 bridgehead atoms. The highest BCUT2D eigenvalue weighted by Gasteiger charge is 2.52. The van der Waals surface area contributed by atoms with Crippen LogP contribution in [-0.4, -0.2) is 113 Å². The average Bonchev–Trinajstić information content (AvgIpc) is 3.05. The van der Waals surface area contributed by atoms with Crippen LogP contribution in [0.2, 0.25) is 0 Å². The maximum Gasteiger partial charge on any atom is 0.407 e. The van der Waals surface area contributed by atoms with Crippen molar-refractivity contribution in [2.24, 2.45) is 5.41 Å². The number of methoxy groups -OCH3 is 3. The van der Waals surface area contributed by atoms with Crippen molar-refractivity contribution in [3.8, 4) is 11.5 Å². The first kappa shape index (κ1) is 37.0. The second kappa shape index (κ2) is 17.0. The van der Waals surface area contributed by atoms with Crippen molar-refractivity contribution in [1.82, 2.24) is 4.90 Å². The Labute approximate surface area is 281 Å². The Morgan fingerprint density at radius 1 is 1.08 bits per heavy atom. The van der Waals surface area contributed by atoms with Gasteiger partial charge in [0, 0.05) is 33.3 Å². The van der Waals surface area contributed by atoms with E-state index in [1.807, 2.05) is 57.2 Å². The maximum absolute atomic E-state index is 12.8. The summed E-state index contributed by atoms with van der Waals surface area (Å²) in [5.74, 6) is 1.01. The largest absolute Gasteiger partial charge is 0.497 e. The van der Waals surface area contributed by atoms with Gasteiger partial charge in [0.05, 0.1) is 64.0 Å². The minimum absolute atomic E-state index is 0.0813. The molecular formula is C34H49N3O11. The number of ether oxygens (including phenoxy) is 6. The number of carboxylic acid groups (broad SMARTS) is 1. The monoisotopic (exact) mass is 675 g/mol. The Morgan fingerprint density at radius 3 is 2.46 bits per heavy atom. The first-order valence-electron chi connectivity index (χ1n) is 16.1. The lowest BCUT2D eigenvalue weighted by molar-refractivity contribution is -0.769. The fourth-order valence-corrected chi connectivity index (χ4v) is 6.62. The van der Waals surface area contributed by atoms with Crippen LogP contribution >= 0.6 is 0 Å². The van der Waals surface area contributed by atoms with Gasteiger partial charge in [-0.05, 0) is 47.2 Å². The van der Waals surface area contributed by atoms with Crippen LogP contribution in [-0.2, 0) is 30.4 Å². The number of hydrogen-bond donors (Lipinski definition) is 1. The second-order valence-electron chi connectivity index (χ2n) is 13.1. The summed E-state index contributed by atoms with van der Waals surface area (Å²) < 4.78 is 34.9. The number of carbonyl (C=O) groups is 1. The summed E-state index contributed by atoms with van der Waals surface area (Å²) in [6.07, 6.45) is -2.66. The van der Waals surface area contributed by atoms with Gasteiger partial charge in [-0.15, -0.1) is 10.1 Å². The Hall–Kier alpha value is -3.85. The summed E-state index contributed by atoms with van der Waals surface area (Å²) in [6, 6.07) is 12.8. The zero-order chi connectivity index (χ0) is 34.8. The molecule has 0 aliphatic carbocycles. The third kappa shape index (κ3) is 9.40. The molecule has 1 saturated heterocycles. The van der Waals surface area contributed by atoms with E-state index in [1.165, 1.54) is 12.0 Å². The average molecular weight is 676 g/mol. The van der Waals surface area contributed by atoms with E-state index in [4.69, 9.17) is 33.3 Å². The van der Waals surface area contributed by atoms with Gasteiger partial charge in [0.1, 0.15) is 18.1 Å². The van der Waals surface area contributed by atoms with Crippen molar-refractivity contribution in [2.75, 3.05) is 72.3 Å². The highest BCUT2D eigenvalue weighted by Crippen LogP contribution is 2.43. The van der Waals surface area contributed by atoms with Crippen molar-refractivity contribution >= 4 is 11.8 Å². The first-order valence-corrected chi connectivity index (χ1v) is 16.1. The van der Waals surface area contributed by atoms with Gasteiger partial charge < -0.3 is 43.3 Å². The van der Waals surface area contributed by atoms with E-state index < -0.39 is 46.9 Å². The number of fused-ring (bicyclic) bond motifs is 1. The van der Waals surface area contributed by atoms with E-state index in [-0.39, 0.29) is 26.4 Å². The zero-order valence-electron chi connectivity index (χ0n) is 28.7. The predicted octanol–water partition coefficient (Wildman–Crippen LogP) is 4.62. The minimum Gasteiger partial charge on any atom is -0.497 e. The van der Waals surface area contributed by atoms with Gasteiger partial charge in [-0.25, -0.2) is 4.79 Å². The number of amides is 1. The SMILES string of the molecule is COCCCN1CCOc2ccc(CO[C@H]3CN(C(=O)O)C(C(C)(C)C)[C@@H](OC[C@H](COC)O[N+](=O)[O-])[C@@H]3c3ccc(OC)cc3)cc21. The van der Waals surface area contributed by atoms with E-state index in [1.54, 1.807) is 14.2 Å². The molecule has 0 spiro atoms. The normalized spacial score (nSPS) is 21.6. The molecule has 1 amide bonds. The molecule has 14 heteroatoms. The summed E-state index contributed by atoms with van der Waals surface area (Å²) in [5, 5.41) is 20.8. The standard InChI is InChI=1S/C34H49N3O11/c1-34(2,3)32-31(47-22-26(21-43-5)48-37(40)41)30(24-9-11-25(44-6)12-10-24)29(19-36(32)33(38)39)46-20-23-8-13-28-27(18-23)35(15-17-45-28)14-7-16-42-4/h8-13,18,26,29-32H,7,14-17,19-22H2,1-6H3,(H,38,39)/t26-,29-,30+,31-,32?/m0/s1. The van der Waals surface area contributed by atoms with E-state index in [2.05, 4.69) is 11.0 Å². The van der Waals surface area contributed by atoms with Crippen LogP contribution < -0.4 is 14.4 Å². The Kier molecular flexibility index (Phi) is 13.1. The van der Waals surface area contributed by atoms with Crippen molar-refractivity contribution in [1.29, 1.82) is 0 Å². The molecule has 5 atom stereocenters. The number of benzene rings is 2. The van der Waals surface area contributed by atoms with Crippen LogP contribution in [0.1, 0.15) is 44.2 Å². The number of rotatable bonds is 16. The lowest BCUT2D eigenvalue weighted by Gasteiger charge is -2.52. The Morgan fingerprint density at radius 2 is 1.83 bits per heavy atom. The van der Waals surface area contributed by atoms with Gasteiger partial charge >= 0.3 is 6.09 Å². The Balaban J connectivity index is 1.69. The fourth-order valence-electron chi connectivity index (χ4n) is 6.62. The van der Waals surface area contributed by atoms with Gasteiger partial charge in [0.2, 0.25) is 0 Å². The number of anilines is 1. The van der Waals surface area contributed by atoms with Crippen molar-refractivity contribution in [3.63, 3.8) is 0 Å². The number of hydrogen-bond acceptors (Lipinski definition) is 11. The summed E-state index contributed by atoms with van der Waals surface area (Å²) in [6.45, 7) is 8.67. The molecule has 2 aliphatic rings. The molecule has 2 heterocycles. The summed E-state index contributed by atoms with van der Waals surface area (Å²) >= 11 is 0. The van der Waals surface area contributed by atoms with Gasteiger partial charge in [-0.3, -0.25) is 4.90 Å². The number of nitrogens with zero attached hydrogens (tertiary/aromatic N) is 3. The van der Waals surface area contributed by atoms with Gasteiger partial charge in [-0.1, -0.05) is 39.0 Å². The molecule has 0 aromatic heterocycles. The van der Waals surface area contributed by atoms with Crippen LogP contribution in [0.25, 0.3) is 0 Å². The molecule has 48 heavy (non-hydrogen) atoms. The third-order valence-electron chi connectivity index (χ3n) is 8.70. The van der Waals surface area contributed by atoms with Crippen LogP contribution in [0.5, 0.6) is 11.5 Å². The molecule has 1 unspecified atom stereocenters. The predicted molar refractivity (Wildman–Crippen MR) is 176 cm³/mol. The molecular weight excluding hydrogens is 626 g/mol. The smallest absolute Gasteiger partial charge is 0.407 e. The fraction of sp³-hybridized carbons (Fsp3) is 0.618. The summed E-state index contributed by atoms with van der Waals surface area (Å²) in [4.78, 5) is 32.5. The summed E-state index contributed by atoms with van der Waals surface area (Å²) in [5.41, 5.74) is 2.16. The molecule has 0 saturated carbocycles. The van der Waals surface area contributed by atoms with E-state index in [0.717, 1.165) is 42.1 Å². The summed E-state index contributed by atoms with van der Waals surface area (Å²) in [7, 11) is 4.69. The van der Waals surface area contributed by atoms with E-state index in [0.29, 0.717) is 19.0 Å². The molecule has 266 valence electrons. The van der Waals surface area contributed by atoms with Crippen molar-refractivity contribution in [2.45, 2.75) is 64.1 Å². The molecule has 2 aromatic carbocycles. The first-order chi connectivity index (χ1) is 23.0. The molecule has 4 rings (SSSR count). The molecule has 1 N–H and O–H groups in total. The number of piperidine rings is 1. The molecule has 2 aromatic rings. The molecule has 2 aliphatic heterocycles. The van der Waals surface area contributed by atoms with Crippen LogP contribution in [0.3, 0.4) is 0 Å². The lowest BCUT2D eigenvalue weighted by Crippen LogP contribution is -2.64. The topological polar surface area (TPSA) is 152 Å². The van der Waals surface area contributed by atoms with Crippen LogP contribution in [0.4, 0.5) is 10.5 Å². The highest BCUT2D eigenvalue weighted by molar-refractivity contribution is 5.66. The quantitative estimate of drug-likeness (QED) is 0.150. The molecule has 14 nitrogen and oxygen atoms in total. The van der Waals surface area contributed by atoms with Gasteiger partial charge in [-0.2, -0.15) is 0 Å². The zero-order valence-corrected chi connectivity index (χ0v) is 28.7. The van der Waals surface area contributed by atoms with Crippen molar-refractivity contribution in [3.05, 3.63) is 63.7 Å².